The lowest BCUT2D eigenvalue weighted by molar-refractivity contribution is -0.117. The number of hydrogen-bond acceptors (Lipinski definition) is 3. The first-order chi connectivity index (χ1) is 13.0. The lowest BCUT2D eigenvalue weighted by Gasteiger charge is -2.09. The second-order valence-electron chi connectivity index (χ2n) is 6.07. The van der Waals surface area contributed by atoms with Gasteiger partial charge in [-0.15, -0.1) is 0 Å². The summed E-state index contributed by atoms with van der Waals surface area (Å²) in [6.07, 6.45) is 3.14. The minimum atomic E-state index is -0.440. The molecule has 6 heteroatoms. The maximum absolute atomic E-state index is 12.3. The zero-order valence-corrected chi connectivity index (χ0v) is 15.7. The first kappa shape index (κ1) is 18.6. The third-order valence-electron chi connectivity index (χ3n) is 4.22. The van der Waals surface area contributed by atoms with Crippen LogP contribution in [0.1, 0.15) is 22.7 Å². The fourth-order valence-corrected chi connectivity index (χ4v) is 3.03. The summed E-state index contributed by atoms with van der Waals surface area (Å²) < 4.78 is 7.23. The van der Waals surface area contributed by atoms with Crippen LogP contribution in [-0.2, 0) is 11.3 Å². The Hall–Kier alpha value is -3.23. The van der Waals surface area contributed by atoms with E-state index in [9.17, 15) is 10.1 Å². The predicted octanol–water partition coefficient (Wildman–Crippen LogP) is 4.56. The van der Waals surface area contributed by atoms with E-state index in [0.717, 1.165) is 22.6 Å². The highest BCUT2D eigenvalue weighted by Crippen LogP contribution is 2.24. The molecule has 27 heavy (non-hydrogen) atoms. The third kappa shape index (κ3) is 4.13. The summed E-state index contributed by atoms with van der Waals surface area (Å²) in [6, 6.07) is 14.9. The fourth-order valence-electron chi connectivity index (χ4n) is 2.90. The SMILES string of the molecule is Cc1cc(C=C(C#N)C(=O)NCc2ccco2)c(C)n1-c1ccc(Cl)cc1. The Balaban J connectivity index is 1.86. The molecule has 0 radical (unpaired) electrons. The van der Waals surface area contributed by atoms with Crippen molar-refractivity contribution in [2.75, 3.05) is 0 Å². The summed E-state index contributed by atoms with van der Waals surface area (Å²) in [7, 11) is 0. The quantitative estimate of drug-likeness (QED) is 0.521. The molecule has 0 bridgehead atoms. The molecule has 0 aliphatic carbocycles. The summed E-state index contributed by atoms with van der Waals surface area (Å²) in [5.74, 6) is 0.187. The van der Waals surface area contributed by atoms with Crippen LogP contribution in [0.2, 0.25) is 5.02 Å². The molecule has 1 N–H and O–H groups in total. The smallest absolute Gasteiger partial charge is 0.262 e. The molecule has 0 unspecified atom stereocenters. The van der Waals surface area contributed by atoms with Gasteiger partial charge in [0.05, 0.1) is 12.8 Å². The highest BCUT2D eigenvalue weighted by molar-refractivity contribution is 6.30. The molecule has 3 rings (SSSR count). The van der Waals surface area contributed by atoms with E-state index in [-0.39, 0.29) is 12.1 Å². The zero-order chi connectivity index (χ0) is 19.4. The number of nitrogens with zero attached hydrogens (tertiary/aromatic N) is 2. The number of furan rings is 1. The number of halogens is 1. The lowest BCUT2D eigenvalue weighted by atomic mass is 10.1. The van der Waals surface area contributed by atoms with E-state index >= 15 is 0 Å². The van der Waals surface area contributed by atoms with Gasteiger partial charge >= 0.3 is 0 Å². The first-order valence-electron chi connectivity index (χ1n) is 8.37. The first-order valence-corrected chi connectivity index (χ1v) is 8.74. The molecule has 2 heterocycles. The molecular weight excluding hydrogens is 362 g/mol. The van der Waals surface area contributed by atoms with E-state index in [1.165, 1.54) is 6.26 Å². The molecule has 2 aromatic heterocycles. The van der Waals surface area contributed by atoms with Gasteiger partial charge in [-0.2, -0.15) is 5.26 Å². The topological polar surface area (TPSA) is 71.0 Å². The van der Waals surface area contributed by atoms with Crippen molar-refractivity contribution < 1.29 is 9.21 Å². The van der Waals surface area contributed by atoms with Gasteiger partial charge in [-0.1, -0.05) is 11.6 Å². The van der Waals surface area contributed by atoms with E-state index in [2.05, 4.69) is 9.88 Å². The molecule has 3 aromatic rings. The van der Waals surface area contributed by atoms with Crippen molar-refractivity contribution >= 4 is 23.6 Å². The van der Waals surface area contributed by atoms with Crippen molar-refractivity contribution in [1.82, 2.24) is 9.88 Å². The summed E-state index contributed by atoms with van der Waals surface area (Å²) >= 11 is 5.97. The highest BCUT2D eigenvalue weighted by atomic mass is 35.5. The molecule has 5 nitrogen and oxygen atoms in total. The average molecular weight is 380 g/mol. The van der Waals surface area contributed by atoms with E-state index < -0.39 is 5.91 Å². The molecular formula is C21H18ClN3O2. The van der Waals surface area contributed by atoms with Gasteiger partial charge in [0, 0.05) is 22.1 Å². The maximum atomic E-state index is 12.3. The number of aromatic nitrogens is 1. The van der Waals surface area contributed by atoms with Gasteiger partial charge < -0.3 is 14.3 Å². The highest BCUT2D eigenvalue weighted by Gasteiger charge is 2.14. The zero-order valence-electron chi connectivity index (χ0n) is 15.0. The number of benzene rings is 1. The molecule has 0 atom stereocenters. The Morgan fingerprint density at radius 3 is 2.67 bits per heavy atom. The largest absolute Gasteiger partial charge is 0.467 e. The molecule has 0 spiro atoms. The van der Waals surface area contributed by atoms with Crippen LogP contribution in [0.5, 0.6) is 0 Å². The van der Waals surface area contributed by atoms with E-state index in [4.69, 9.17) is 16.0 Å². The Labute approximate surface area is 162 Å². The molecule has 0 aliphatic rings. The van der Waals surface area contributed by atoms with Crippen molar-refractivity contribution in [1.29, 1.82) is 5.26 Å². The Morgan fingerprint density at radius 1 is 1.30 bits per heavy atom. The summed E-state index contributed by atoms with van der Waals surface area (Å²) in [5, 5.41) is 12.8. The Bertz CT molecular complexity index is 1020. The summed E-state index contributed by atoms with van der Waals surface area (Å²) in [6.45, 7) is 4.15. The van der Waals surface area contributed by atoms with Crippen LogP contribution in [0.25, 0.3) is 11.8 Å². The van der Waals surface area contributed by atoms with Gasteiger partial charge in [-0.05, 0) is 68.0 Å². The average Bonchev–Trinajstić information content (AvgIpc) is 3.27. The number of carbonyl (C=O) groups is 1. The molecule has 0 aliphatic heterocycles. The van der Waals surface area contributed by atoms with Crippen LogP contribution >= 0.6 is 11.6 Å². The minimum Gasteiger partial charge on any atom is -0.467 e. The number of aryl methyl sites for hydroxylation is 1. The van der Waals surface area contributed by atoms with Crippen LogP contribution in [0, 0.1) is 25.2 Å². The molecule has 0 saturated heterocycles. The van der Waals surface area contributed by atoms with Gasteiger partial charge in [0.2, 0.25) is 0 Å². The van der Waals surface area contributed by atoms with Crippen LogP contribution in [0.15, 0.2) is 58.7 Å². The second-order valence-corrected chi connectivity index (χ2v) is 6.51. The van der Waals surface area contributed by atoms with Crippen LogP contribution in [0.4, 0.5) is 0 Å². The number of nitrogens with one attached hydrogen (secondary N) is 1. The predicted molar refractivity (Wildman–Crippen MR) is 104 cm³/mol. The normalized spacial score (nSPS) is 11.3. The maximum Gasteiger partial charge on any atom is 0.262 e. The number of amides is 1. The number of nitriles is 1. The minimum absolute atomic E-state index is 0.0397. The van der Waals surface area contributed by atoms with Crippen LogP contribution < -0.4 is 5.32 Å². The van der Waals surface area contributed by atoms with Crippen molar-refractivity contribution in [3.8, 4) is 11.8 Å². The molecule has 0 fully saturated rings. The second kappa shape index (κ2) is 7.98. The summed E-state index contributed by atoms with van der Waals surface area (Å²) in [5.41, 5.74) is 3.75. The Kier molecular flexibility index (Phi) is 5.49. The van der Waals surface area contributed by atoms with Crippen LogP contribution in [0.3, 0.4) is 0 Å². The molecule has 136 valence electrons. The van der Waals surface area contributed by atoms with E-state index in [0.29, 0.717) is 10.8 Å². The number of carbonyl (C=O) groups excluding carboxylic acids is 1. The monoisotopic (exact) mass is 379 g/mol. The van der Waals surface area contributed by atoms with Gasteiger partial charge in [0.15, 0.2) is 0 Å². The van der Waals surface area contributed by atoms with Gasteiger partial charge in [-0.3, -0.25) is 4.79 Å². The lowest BCUT2D eigenvalue weighted by Crippen LogP contribution is -2.23. The number of rotatable bonds is 5. The van der Waals surface area contributed by atoms with Crippen molar-refractivity contribution in [3.05, 3.63) is 82.0 Å². The molecule has 1 amide bonds. The fraction of sp³-hybridized carbons (Fsp3) is 0.143. The Morgan fingerprint density at radius 2 is 2.04 bits per heavy atom. The van der Waals surface area contributed by atoms with Crippen molar-refractivity contribution in [2.24, 2.45) is 0 Å². The molecule has 1 aromatic carbocycles. The van der Waals surface area contributed by atoms with Crippen LogP contribution in [-0.4, -0.2) is 10.5 Å². The third-order valence-corrected chi connectivity index (χ3v) is 4.48. The van der Waals surface area contributed by atoms with Crippen molar-refractivity contribution in [2.45, 2.75) is 20.4 Å². The van der Waals surface area contributed by atoms with E-state index in [1.54, 1.807) is 18.2 Å². The van der Waals surface area contributed by atoms with Gasteiger partial charge in [-0.25, -0.2) is 0 Å². The van der Waals surface area contributed by atoms with Crippen molar-refractivity contribution in [3.63, 3.8) is 0 Å². The summed E-state index contributed by atoms with van der Waals surface area (Å²) in [4.78, 5) is 12.3. The number of hydrogen-bond donors (Lipinski definition) is 1. The molecule has 0 saturated carbocycles. The van der Waals surface area contributed by atoms with Gasteiger partial charge in [0.1, 0.15) is 17.4 Å². The van der Waals surface area contributed by atoms with E-state index in [1.807, 2.05) is 50.2 Å². The standard InChI is InChI=1S/C21H18ClN3O2/c1-14-10-16(15(2)25(14)19-7-5-18(22)6-8-19)11-17(12-23)21(26)24-13-20-4-3-9-27-20/h3-11H,13H2,1-2H3,(H,24,26). The van der Waals surface area contributed by atoms with Gasteiger partial charge in [0.25, 0.3) is 5.91 Å².